The highest BCUT2D eigenvalue weighted by atomic mass is 35.5. The number of carboxylic acid groups (broad SMARTS) is 1. The molecule has 100 valence electrons. The summed E-state index contributed by atoms with van der Waals surface area (Å²) in [5.41, 5.74) is 1.28. The van der Waals surface area contributed by atoms with E-state index in [2.05, 4.69) is 0 Å². The molecule has 0 fully saturated rings. The Morgan fingerprint density at radius 2 is 1.74 bits per heavy atom. The molecule has 19 heavy (non-hydrogen) atoms. The second kappa shape index (κ2) is 5.51. The Balaban J connectivity index is 2.72. The summed E-state index contributed by atoms with van der Waals surface area (Å²) in [5.74, 6) is -0.994. The first kappa shape index (κ1) is 14.9. The van der Waals surface area contributed by atoms with E-state index in [1.54, 1.807) is 13.0 Å². The van der Waals surface area contributed by atoms with Crippen molar-refractivity contribution in [2.45, 2.75) is 6.92 Å². The molecule has 2 aromatic rings. The second-order valence-corrected chi connectivity index (χ2v) is 6.39. The van der Waals surface area contributed by atoms with Crippen LogP contribution in [0.3, 0.4) is 0 Å². The molecule has 0 atom stereocenters. The van der Waals surface area contributed by atoms with E-state index in [0.717, 1.165) is 16.9 Å². The topological polar surface area (TPSA) is 37.3 Å². The lowest BCUT2D eigenvalue weighted by Crippen LogP contribution is -1.89. The van der Waals surface area contributed by atoms with Gasteiger partial charge in [0.1, 0.15) is 4.88 Å². The second-order valence-electron chi connectivity index (χ2n) is 3.77. The van der Waals surface area contributed by atoms with E-state index in [9.17, 15) is 4.79 Å². The van der Waals surface area contributed by atoms with Crippen molar-refractivity contribution in [2.24, 2.45) is 0 Å². The Labute approximate surface area is 133 Å². The number of benzene rings is 1. The van der Waals surface area contributed by atoms with Gasteiger partial charge in [-0.1, -0.05) is 46.4 Å². The van der Waals surface area contributed by atoms with Gasteiger partial charge in [0.05, 0.1) is 20.1 Å². The zero-order valence-electron chi connectivity index (χ0n) is 9.43. The predicted octanol–water partition coefficient (Wildman–Crippen LogP) is 6.04. The normalized spacial score (nSPS) is 10.8. The highest BCUT2D eigenvalue weighted by Crippen LogP contribution is 2.46. The van der Waals surface area contributed by atoms with Crippen LogP contribution in [0.4, 0.5) is 0 Å². The van der Waals surface area contributed by atoms with Crippen molar-refractivity contribution in [1.29, 1.82) is 0 Å². The summed E-state index contributed by atoms with van der Waals surface area (Å²) in [6, 6.07) is 3.06. The Morgan fingerprint density at radius 3 is 2.26 bits per heavy atom. The third kappa shape index (κ3) is 2.71. The number of aryl methyl sites for hydroxylation is 1. The number of thiophene rings is 1. The lowest BCUT2D eigenvalue weighted by atomic mass is 10.1. The van der Waals surface area contributed by atoms with Crippen molar-refractivity contribution >= 4 is 63.7 Å². The van der Waals surface area contributed by atoms with Crippen molar-refractivity contribution in [1.82, 2.24) is 0 Å². The summed E-state index contributed by atoms with van der Waals surface area (Å²) in [7, 11) is 0. The minimum Gasteiger partial charge on any atom is -0.477 e. The molecule has 2 nitrogen and oxygen atoms in total. The van der Waals surface area contributed by atoms with Gasteiger partial charge in [-0.2, -0.15) is 0 Å². The van der Waals surface area contributed by atoms with Gasteiger partial charge >= 0.3 is 5.97 Å². The molecule has 0 aliphatic rings. The van der Waals surface area contributed by atoms with Crippen molar-refractivity contribution in [3.05, 3.63) is 42.7 Å². The zero-order valence-corrected chi connectivity index (χ0v) is 13.3. The van der Waals surface area contributed by atoms with Gasteiger partial charge in [-0.15, -0.1) is 11.3 Å². The fraction of sp³-hybridized carbons (Fsp3) is 0.0833. The van der Waals surface area contributed by atoms with Gasteiger partial charge in [0.2, 0.25) is 0 Å². The minimum absolute atomic E-state index is 0.201. The quantitative estimate of drug-likeness (QED) is 0.527. The molecule has 7 heteroatoms. The maximum absolute atomic E-state index is 11.0. The standard InChI is InChI=1S/C12H6Cl4O2S/c1-4-2-7(12(17)18)19-11(4)8-5(13)3-6(14)9(15)10(8)16/h2-3H,1H3,(H,17,18). The van der Waals surface area contributed by atoms with Gasteiger partial charge in [0, 0.05) is 10.4 Å². The van der Waals surface area contributed by atoms with E-state index in [0.29, 0.717) is 15.5 Å². The van der Waals surface area contributed by atoms with Crippen LogP contribution in [0.1, 0.15) is 15.2 Å². The molecule has 1 aromatic heterocycles. The number of hydrogen-bond acceptors (Lipinski definition) is 2. The van der Waals surface area contributed by atoms with Crippen LogP contribution >= 0.6 is 57.7 Å². The Morgan fingerprint density at radius 1 is 1.11 bits per heavy atom. The molecule has 1 N–H and O–H groups in total. The number of hydrogen-bond donors (Lipinski definition) is 1. The van der Waals surface area contributed by atoms with E-state index in [-0.39, 0.29) is 19.9 Å². The molecule has 1 aromatic carbocycles. The fourth-order valence-electron chi connectivity index (χ4n) is 1.61. The van der Waals surface area contributed by atoms with Crippen molar-refractivity contribution in [3.8, 4) is 10.4 Å². The van der Waals surface area contributed by atoms with E-state index >= 15 is 0 Å². The molecule has 0 saturated carbocycles. The summed E-state index contributed by atoms with van der Waals surface area (Å²) in [4.78, 5) is 11.9. The highest BCUT2D eigenvalue weighted by Gasteiger charge is 2.20. The maximum atomic E-state index is 11.0. The molecule has 0 aliphatic heterocycles. The fourth-order valence-corrected chi connectivity index (χ4v) is 3.90. The van der Waals surface area contributed by atoms with Crippen LogP contribution in [0.5, 0.6) is 0 Å². The average Bonchev–Trinajstić information content (AvgIpc) is 2.69. The van der Waals surface area contributed by atoms with Crippen LogP contribution in [0.2, 0.25) is 20.1 Å². The number of carboxylic acids is 1. The van der Waals surface area contributed by atoms with Gasteiger partial charge < -0.3 is 5.11 Å². The molecule has 0 spiro atoms. The van der Waals surface area contributed by atoms with Crippen molar-refractivity contribution in [3.63, 3.8) is 0 Å². The molecule has 1 heterocycles. The molecule has 0 bridgehead atoms. The first-order valence-electron chi connectivity index (χ1n) is 5.00. The highest BCUT2D eigenvalue weighted by molar-refractivity contribution is 7.17. The third-order valence-corrected chi connectivity index (χ3v) is 5.27. The molecule has 0 radical (unpaired) electrons. The zero-order chi connectivity index (χ0) is 14.3. The van der Waals surface area contributed by atoms with Crippen molar-refractivity contribution < 1.29 is 9.90 Å². The Hall–Kier alpha value is -0.450. The van der Waals surface area contributed by atoms with Crippen LogP contribution < -0.4 is 0 Å². The predicted molar refractivity (Wildman–Crippen MR) is 81.5 cm³/mol. The van der Waals surface area contributed by atoms with Crippen LogP contribution in [-0.2, 0) is 0 Å². The summed E-state index contributed by atoms with van der Waals surface area (Å²) in [5, 5.41) is 10.0. The monoisotopic (exact) mass is 354 g/mol. The Kier molecular flexibility index (Phi) is 4.33. The molecule has 0 amide bonds. The molecule has 0 saturated heterocycles. The van der Waals surface area contributed by atoms with Crippen LogP contribution in [0.25, 0.3) is 10.4 Å². The molecule has 0 aliphatic carbocycles. The lowest BCUT2D eigenvalue weighted by Gasteiger charge is -2.09. The molecule has 0 unspecified atom stereocenters. The van der Waals surface area contributed by atoms with E-state index in [1.807, 2.05) is 0 Å². The third-order valence-electron chi connectivity index (χ3n) is 2.47. The minimum atomic E-state index is -0.994. The summed E-state index contributed by atoms with van der Waals surface area (Å²) >= 11 is 25.3. The SMILES string of the molecule is Cc1cc(C(=O)O)sc1-c1c(Cl)cc(Cl)c(Cl)c1Cl. The lowest BCUT2D eigenvalue weighted by molar-refractivity contribution is 0.0702. The maximum Gasteiger partial charge on any atom is 0.345 e. The number of aromatic carboxylic acids is 1. The summed E-state index contributed by atoms with van der Waals surface area (Å²) in [6.45, 7) is 1.79. The molecular weight excluding hydrogens is 350 g/mol. The smallest absolute Gasteiger partial charge is 0.345 e. The first-order valence-corrected chi connectivity index (χ1v) is 7.32. The summed E-state index contributed by atoms with van der Waals surface area (Å²) < 4.78 is 0. The number of carbonyl (C=O) groups is 1. The van der Waals surface area contributed by atoms with Gasteiger partial charge in [-0.3, -0.25) is 0 Å². The first-order chi connectivity index (χ1) is 8.82. The van der Waals surface area contributed by atoms with Gasteiger partial charge in [0.15, 0.2) is 0 Å². The van der Waals surface area contributed by atoms with E-state index < -0.39 is 5.97 Å². The van der Waals surface area contributed by atoms with Gasteiger partial charge in [0.25, 0.3) is 0 Å². The van der Waals surface area contributed by atoms with Crippen LogP contribution in [0, 0.1) is 6.92 Å². The average molecular weight is 356 g/mol. The van der Waals surface area contributed by atoms with Crippen molar-refractivity contribution in [2.75, 3.05) is 0 Å². The summed E-state index contributed by atoms with van der Waals surface area (Å²) in [6.07, 6.45) is 0. The largest absolute Gasteiger partial charge is 0.477 e. The number of rotatable bonds is 2. The number of halogens is 4. The van der Waals surface area contributed by atoms with Crippen LogP contribution in [0.15, 0.2) is 12.1 Å². The van der Waals surface area contributed by atoms with Crippen LogP contribution in [-0.4, -0.2) is 11.1 Å². The van der Waals surface area contributed by atoms with Gasteiger partial charge in [-0.25, -0.2) is 4.79 Å². The van der Waals surface area contributed by atoms with Gasteiger partial charge in [-0.05, 0) is 24.6 Å². The molecule has 2 rings (SSSR count). The molecular formula is C12H6Cl4O2S. The van der Waals surface area contributed by atoms with E-state index in [1.165, 1.54) is 6.07 Å². The Bertz CT molecular complexity index is 679. The van der Waals surface area contributed by atoms with E-state index in [4.69, 9.17) is 51.5 Å².